The van der Waals surface area contributed by atoms with E-state index in [0.29, 0.717) is 6.04 Å². The summed E-state index contributed by atoms with van der Waals surface area (Å²) in [6.45, 7) is 3.90. The number of ether oxygens (including phenoxy) is 1. The molecule has 2 fully saturated rings. The summed E-state index contributed by atoms with van der Waals surface area (Å²) in [5.74, 6) is 0. The van der Waals surface area contributed by atoms with Gasteiger partial charge >= 0.3 is 0 Å². The van der Waals surface area contributed by atoms with E-state index in [1.807, 2.05) is 6.07 Å². The van der Waals surface area contributed by atoms with Crippen LogP contribution in [0.3, 0.4) is 0 Å². The lowest BCUT2D eigenvalue weighted by Gasteiger charge is -2.27. The Bertz CT molecular complexity index is 410. The third kappa shape index (κ3) is 1.48. The smallest absolute Gasteiger partial charge is 0.107 e. The molecule has 2 bridgehead atoms. The molecular formula is C13H16ClNO. The highest BCUT2D eigenvalue weighted by Gasteiger charge is 2.47. The van der Waals surface area contributed by atoms with E-state index in [9.17, 15) is 0 Å². The van der Waals surface area contributed by atoms with Crippen LogP contribution in [0, 0.1) is 0 Å². The van der Waals surface area contributed by atoms with Crippen molar-refractivity contribution in [3.05, 3.63) is 34.3 Å². The standard InChI is InChI=1S/C13H16ClNO/c1-2-9-5-10(3-4-12(9)14)13-6-11(7-16-13)15-8-13/h3-5,11,15H,2,6-8H2,1H3/t11-,13-/m1/s1. The Kier molecular flexibility index (Phi) is 2.46. The molecular weight excluding hydrogens is 222 g/mol. The molecule has 2 aliphatic rings. The average Bonchev–Trinajstić information content (AvgIpc) is 2.90. The zero-order valence-corrected chi connectivity index (χ0v) is 10.2. The van der Waals surface area contributed by atoms with Gasteiger partial charge in [-0.05, 0) is 30.0 Å². The number of halogens is 1. The predicted octanol–water partition coefficient (Wildman–Crippen LogP) is 2.49. The van der Waals surface area contributed by atoms with E-state index in [2.05, 4.69) is 24.4 Å². The van der Waals surface area contributed by atoms with E-state index in [-0.39, 0.29) is 5.60 Å². The van der Waals surface area contributed by atoms with Crippen molar-refractivity contribution in [2.45, 2.75) is 31.4 Å². The van der Waals surface area contributed by atoms with Crippen LogP contribution in [-0.2, 0) is 16.8 Å². The molecule has 0 amide bonds. The molecule has 16 heavy (non-hydrogen) atoms. The summed E-state index contributed by atoms with van der Waals surface area (Å²) in [7, 11) is 0. The number of benzene rings is 1. The van der Waals surface area contributed by atoms with Gasteiger partial charge in [0.05, 0.1) is 6.61 Å². The van der Waals surface area contributed by atoms with Gasteiger partial charge in [-0.2, -0.15) is 0 Å². The van der Waals surface area contributed by atoms with E-state index < -0.39 is 0 Å². The number of fused-ring (bicyclic) bond motifs is 2. The molecule has 0 radical (unpaired) electrons. The predicted molar refractivity (Wildman–Crippen MR) is 64.9 cm³/mol. The van der Waals surface area contributed by atoms with E-state index in [4.69, 9.17) is 16.3 Å². The number of morpholine rings is 1. The van der Waals surface area contributed by atoms with Gasteiger partial charge in [0.1, 0.15) is 5.60 Å². The lowest BCUT2D eigenvalue weighted by Crippen LogP contribution is -2.37. The maximum absolute atomic E-state index is 6.15. The van der Waals surface area contributed by atoms with Crippen molar-refractivity contribution in [2.24, 2.45) is 0 Å². The van der Waals surface area contributed by atoms with Crippen LogP contribution in [0.2, 0.25) is 5.02 Å². The molecule has 1 N–H and O–H groups in total. The van der Waals surface area contributed by atoms with Crippen molar-refractivity contribution in [1.82, 2.24) is 5.32 Å². The van der Waals surface area contributed by atoms with Crippen LogP contribution in [-0.4, -0.2) is 19.2 Å². The largest absolute Gasteiger partial charge is 0.367 e. The maximum Gasteiger partial charge on any atom is 0.107 e. The highest BCUT2D eigenvalue weighted by molar-refractivity contribution is 6.31. The van der Waals surface area contributed by atoms with Crippen LogP contribution in [0.4, 0.5) is 0 Å². The van der Waals surface area contributed by atoms with Gasteiger partial charge in [-0.15, -0.1) is 0 Å². The monoisotopic (exact) mass is 237 g/mol. The highest BCUT2D eigenvalue weighted by atomic mass is 35.5. The van der Waals surface area contributed by atoms with E-state index >= 15 is 0 Å². The molecule has 2 aliphatic heterocycles. The van der Waals surface area contributed by atoms with Crippen LogP contribution in [0.15, 0.2) is 18.2 Å². The lowest BCUT2D eigenvalue weighted by atomic mass is 9.91. The first-order valence-corrected chi connectivity index (χ1v) is 6.27. The van der Waals surface area contributed by atoms with Gasteiger partial charge in [0.15, 0.2) is 0 Å². The molecule has 0 unspecified atom stereocenters. The summed E-state index contributed by atoms with van der Waals surface area (Å²) in [6.07, 6.45) is 2.07. The van der Waals surface area contributed by atoms with E-state index in [1.54, 1.807) is 0 Å². The Labute approximate surface area is 101 Å². The lowest BCUT2D eigenvalue weighted by molar-refractivity contribution is -0.00962. The number of aryl methyl sites for hydroxylation is 1. The molecule has 1 aromatic rings. The van der Waals surface area contributed by atoms with Crippen LogP contribution in [0.25, 0.3) is 0 Å². The van der Waals surface area contributed by atoms with Crippen molar-refractivity contribution in [3.8, 4) is 0 Å². The van der Waals surface area contributed by atoms with Gasteiger partial charge in [0, 0.05) is 17.6 Å². The summed E-state index contributed by atoms with van der Waals surface area (Å²) < 4.78 is 5.96. The summed E-state index contributed by atoms with van der Waals surface area (Å²) in [6, 6.07) is 6.86. The molecule has 2 atom stereocenters. The SMILES string of the molecule is CCc1cc([C@@]23CN[C@@H](CO2)C3)ccc1Cl. The second kappa shape index (κ2) is 3.73. The fourth-order valence-corrected chi connectivity index (χ4v) is 3.02. The summed E-state index contributed by atoms with van der Waals surface area (Å²) >= 11 is 6.15. The molecule has 86 valence electrons. The van der Waals surface area contributed by atoms with Crippen molar-refractivity contribution >= 4 is 11.6 Å². The average molecular weight is 238 g/mol. The topological polar surface area (TPSA) is 21.3 Å². The number of rotatable bonds is 2. The normalized spacial score (nSPS) is 32.2. The Hall–Kier alpha value is -0.570. The number of nitrogens with one attached hydrogen (secondary N) is 1. The van der Waals surface area contributed by atoms with Crippen molar-refractivity contribution in [3.63, 3.8) is 0 Å². The summed E-state index contributed by atoms with van der Waals surface area (Å²) in [4.78, 5) is 0. The minimum absolute atomic E-state index is 0.0842. The molecule has 0 aliphatic carbocycles. The molecule has 2 heterocycles. The Morgan fingerprint density at radius 3 is 3.00 bits per heavy atom. The van der Waals surface area contributed by atoms with Crippen LogP contribution < -0.4 is 5.32 Å². The fraction of sp³-hybridized carbons (Fsp3) is 0.538. The minimum atomic E-state index is -0.0842. The molecule has 0 spiro atoms. The minimum Gasteiger partial charge on any atom is -0.367 e. The molecule has 3 rings (SSSR count). The van der Waals surface area contributed by atoms with Crippen molar-refractivity contribution in [1.29, 1.82) is 0 Å². The summed E-state index contributed by atoms with van der Waals surface area (Å²) in [5.41, 5.74) is 2.41. The highest BCUT2D eigenvalue weighted by Crippen LogP contribution is 2.41. The third-order valence-electron chi connectivity index (χ3n) is 3.77. The molecule has 0 saturated carbocycles. The zero-order valence-electron chi connectivity index (χ0n) is 9.42. The first kappa shape index (κ1) is 10.6. The van der Waals surface area contributed by atoms with Crippen LogP contribution in [0.5, 0.6) is 0 Å². The second-order valence-electron chi connectivity index (χ2n) is 4.75. The molecule has 2 saturated heterocycles. The second-order valence-corrected chi connectivity index (χ2v) is 5.15. The summed E-state index contributed by atoms with van der Waals surface area (Å²) in [5, 5.41) is 4.35. The Balaban J connectivity index is 2.00. The third-order valence-corrected chi connectivity index (χ3v) is 4.13. The Morgan fingerprint density at radius 2 is 2.44 bits per heavy atom. The molecule has 0 aromatic heterocycles. The van der Waals surface area contributed by atoms with E-state index in [0.717, 1.165) is 31.0 Å². The van der Waals surface area contributed by atoms with Crippen LogP contribution >= 0.6 is 11.6 Å². The Morgan fingerprint density at radius 1 is 1.56 bits per heavy atom. The van der Waals surface area contributed by atoms with Gasteiger partial charge in [-0.3, -0.25) is 0 Å². The molecule has 2 nitrogen and oxygen atoms in total. The van der Waals surface area contributed by atoms with Gasteiger partial charge < -0.3 is 10.1 Å². The van der Waals surface area contributed by atoms with Gasteiger partial charge in [-0.25, -0.2) is 0 Å². The first-order chi connectivity index (χ1) is 7.73. The number of hydrogen-bond donors (Lipinski definition) is 1. The molecule has 1 aromatic carbocycles. The van der Waals surface area contributed by atoms with Crippen molar-refractivity contribution < 1.29 is 4.74 Å². The molecule has 3 heteroatoms. The van der Waals surface area contributed by atoms with Crippen molar-refractivity contribution in [2.75, 3.05) is 13.2 Å². The zero-order chi connectivity index (χ0) is 11.2. The number of hydrogen-bond acceptors (Lipinski definition) is 2. The van der Waals surface area contributed by atoms with Gasteiger partial charge in [0.2, 0.25) is 0 Å². The van der Waals surface area contributed by atoms with Crippen LogP contribution in [0.1, 0.15) is 24.5 Å². The quantitative estimate of drug-likeness (QED) is 0.854. The van der Waals surface area contributed by atoms with Gasteiger partial charge in [0.25, 0.3) is 0 Å². The first-order valence-electron chi connectivity index (χ1n) is 5.90. The maximum atomic E-state index is 6.15. The van der Waals surface area contributed by atoms with Gasteiger partial charge in [-0.1, -0.05) is 30.7 Å². The fourth-order valence-electron chi connectivity index (χ4n) is 2.77. The van der Waals surface area contributed by atoms with E-state index in [1.165, 1.54) is 11.1 Å².